The third-order valence-corrected chi connectivity index (χ3v) is 4.03. The second-order valence-electron chi connectivity index (χ2n) is 5.59. The van der Waals surface area contributed by atoms with Gasteiger partial charge in [-0.25, -0.2) is 0 Å². The number of methoxy groups -OCH3 is 1. The summed E-state index contributed by atoms with van der Waals surface area (Å²) in [7, 11) is 1.75. The highest BCUT2D eigenvalue weighted by atomic mass is 16.6. The summed E-state index contributed by atoms with van der Waals surface area (Å²) in [5.41, 5.74) is 1.74. The molecular formula is C15H22N2O3. The van der Waals surface area contributed by atoms with Gasteiger partial charge in [0.05, 0.1) is 4.92 Å². The van der Waals surface area contributed by atoms with E-state index in [2.05, 4.69) is 5.32 Å². The lowest BCUT2D eigenvalue weighted by Gasteiger charge is -2.15. The third kappa shape index (κ3) is 4.28. The molecule has 1 aromatic rings. The fraction of sp³-hybridized carbons (Fsp3) is 0.600. The summed E-state index contributed by atoms with van der Waals surface area (Å²) in [4.78, 5) is 10.2. The van der Waals surface area contributed by atoms with Gasteiger partial charge in [0.15, 0.2) is 0 Å². The first kappa shape index (κ1) is 14.9. The Bertz CT molecular complexity index is 441. The van der Waals surface area contributed by atoms with Crippen molar-refractivity contribution in [2.75, 3.05) is 26.8 Å². The number of benzene rings is 1. The van der Waals surface area contributed by atoms with Gasteiger partial charge < -0.3 is 10.1 Å². The molecule has 1 N–H and O–H groups in total. The van der Waals surface area contributed by atoms with Gasteiger partial charge in [-0.2, -0.15) is 0 Å². The van der Waals surface area contributed by atoms with Crippen LogP contribution in [-0.2, 0) is 11.2 Å². The molecule has 0 spiro atoms. The second kappa shape index (κ2) is 6.81. The van der Waals surface area contributed by atoms with Crippen molar-refractivity contribution in [1.29, 1.82) is 0 Å². The van der Waals surface area contributed by atoms with Crippen molar-refractivity contribution in [1.82, 2.24) is 5.32 Å². The lowest BCUT2D eigenvalue weighted by Crippen LogP contribution is -2.26. The number of hydrogen-bond acceptors (Lipinski definition) is 4. The van der Waals surface area contributed by atoms with Gasteiger partial charge in [0, 0.05) is 32.4 Å². The highest BCUT2D eigenvalue weighted by molar-refractivity contribution is 5.32. The Morgan fingerprint density at radius 3 is 2.60 bits per heavy atom. The molecule has 0 radical (unpaired) electrons. The van der Waals surface area contributed by atoms with E-state index in [1.165, 1.54) is 12.8 Å². The summed E-state index contributed by atoms with van der Waals surface area (Å²) >= 11 is 0. The maximum atomic E-state index is 10.6. The minimum Gasteiger partial charge on any atom is -0.385 e. The van der Waals surface area contributed by atoms with E-state index in [1.54, 1.807) is 19.2 Å². The molecule has 0 unspecified atom stereocenters. The van der Waals surface area contributed by atoms with Crippen LogP contribution in [0.5, 0.6) is 0 Å². The second-order valence-corrected chi connectivity index (χ2v) is 5.59. The van der Waals surface area contributed by atoms with Crippen LogP contribution in [0.4, 0.5) is 5.69 Å². The van der Waals surface area contributed by atoms with Crippen LogP contribution in [0.1, 0.15) is 24.8 Å². The first-order valence-electron chi connectivity index (χ1n) is 7.08. The molecule has 1 fully saturated rings. The van der Waals surface area contributed by atoms with E-state index >= 15 is 0 Å². The fourth-order valence-corrected chi connectivity index (χ4v) is 2.38. The third-order valence-electron chi connectivity index (χ3n) is 4.03. The van der Waals surface area contributed by atoms with Crippen molar-refractivity contribution < 1.29 is 9.66 Å². The summed E-state index contributed by atoms with van der Waals surface area (Å²) in [5, 5.41) is 14.1. The molecule has 1 aliphatic rings. The first-order valence-corrected chi connectivity index (χ1v) is 7.08. The molecule has 1 aromatic carbocycles. The molecule has 5 heteroatoms. The lowest BCUT2D eigenvalue weighted by atomic mass is 10.0. The lowest BCUT2D eigenvalue weighted by molar-refractivity contribution is -0.384. The van der Waals surface area contributed by atoms with Crippen LogP contribution >= 0.6 is 0 Å². The molecule has 5 nitrogen and oxygen atoms in total. The maximum absolute atomic E-state index is 10.6. The molecule has 1 aliphatic carbocycles. The predicted molar refractivity (Wildman–Crippen MR) is 77.8 cm³/mol. The van der Waals surface area contributed by atoms with Crippen molar-refractivity contribution in [3.63, 3.8) is 0 Å². The van der Waals surface area contributed by atoms with Crippen LogP contribution in [0.3, 0.4) is 0 Å². The summed E-state index contributed by atoms with van der Waals surface area (Å²) in [6.45, 7) is 2.79. The standard InChI is InChI=1S/C15H22N2O3/c1-20-11-9-15(7-8-15)12-16-10-6-13-2-4-14(5-3-13)17(18)19/h2-5,16H,6-12H2,1H3. The normalized spacial score (nSPS) is 16.1. The van der Waals surface area contributed by atoms with Crippen molar-refractivity contribution in [3.8, 4) is 0 Å². The highest BCUT2D eigenvalue weighted by Crippen LogP contribution is 2.48. The van der Waals surface area contributed by atoms with Crippen molar-refractivity contribution in [2.45, 2.75) is 25.7 Å². The SMILES string of the molecule is COCCC1(CNCCc2ccc([N+](=O)[O-])cc2)CC1. The van der Waals surface area contributed by atoms with Crippen LogP contribution in [-0.4, -0.2) is 31.7 Å². The molecule has 0 amide bonds. The zero-order chi connectivity index (χ0) is 14.4. The molecule has 0 aromatic heterocycles. The van der Waals surface area contributed by atoms with Crippen molar-refractivity contribution in [3.05, 3.63) is 39.9 Å². The molecule has 0 atom stereocenters. The smallest absolute Gasteiger partial charge is 0.269 e. The molecule has 2 rings (SSSR count). The van der Waals surface area contributed by atoms with Crippen molar-refractivity contribution >= 4 is 5.69 Å². The minimum absolute atomic E-state index is 0.151. The molecule has 20 heavy (non-hydrogen) atoms. The average molecular weight is 278 g/mol. The highest BCUT2D eigenvalue weighted by Gasteiger charge is 2.41. The van der Waals surface area contributed by atoms with Gasteiger partial charge >= 0.3 is 0 Å². The number of nitro benzene ring substituents is 1. The quantitative estimate of drug-likeness (QED) is 0.428. The molecule has 0 heterocycles. The first-order chi connectivity index (χ1) is 9.65. The number of rotatable bonds is 9. The van der Waals surface area contributed by atoms with Gasteiger partial charge in [-0.1, -0.05) is 12.1 Å². The Morgan fingerprint density at radius 1 is 1.35 bits per heavy atom. The molecule has 0 saturated heterocycles. The topological polar surface area (TPSA) is 64.4 Å². The molecule has 110 valence electrons. The largest absolute Gasteiger partial charge is 0.385 e. The van der Waals surface area contributed by atoms with E-state index < -0.39 is 0 Å². The summed E-state index contributed by atoms with van der Waals surface area (Å²) < 4.78 is 5.14. The van der Waals surface area contributed by atoms with Crippen LogP contribution in [0.15, 0.2) is 24.3 Å². The van der Waals surface area contributed by atoms with Crippen LogP contribution < -0.4 is 5.32 Å². The Kier molecular flexibility index (Phi) is 5.09. The van der Waals surface area contributed by atoms with Gasteiger partial charge in [-0.05, 0) is 43.2 Å². The molecule has 0 bridgehead atoms. The monoisotopic (exact) mass is 278 g/mol. The van der Waals surface area contributed by atoms with Crippen LogP contribution in [0.2, 0.25) is 0 Å². The number of nitrogens with zero attached hydrogens (tertiary/aromatic N) is 1. The van der Waals surface area contributed by atoms with E-state index in [-0.39, 0.29) is 10.6 Å². The summed E-state index contributed by atoms with van der Waals surface area (Å²) in [6, 6.07) is 6.79. The van der Waals surface area contributed by atoms with E-state index in [1.807, 2.05) is 12.1 Å². The Balaban J connectivity index is 1.67. The Hall–Kier alpha value is -1.46. The fourth-order valence-electron chi connectivity index (χ4n) is 2.38. The minimum atomic E-state index is -0.366. The van der Waals surface area contributed by atoms with Gasteiger partial charge in [0.25, 0.3) is 5.69 Å². The van der Waals surface area contributed by atoms with Gasteiger partial charge in [0.2, 0.25) is 0 Å². The molecule has 1 saturated carbocycles. The van der Waals surface area contributed by atoms with E-state index in [0.717, 1.165) is 38.1 Å². The molecule has 0 aliphatic heterocycles. The number of hydrogen-bond donors (Lipinski definition) is 1. The van der Waals surface area contributed by atoms with E-state index in [9.17, 15) is 10.1 Å². The van der Waals surface area contributed by atoms with Crippen LogP contribution in [0.25, 0.3) is 0 Å². The predicted octanol–water partition coefficient (Wildman–Crippen LogP) is 2.54. The summed E-state index contributed by atoms with van der Waals surface area (Å²) in [6.07, 6.45) is 4.62. The average Bonchev–Trinajstić information content (AvgIpc) is 3.22. The Labute approximate surface area is 119 Å². The van der Waals surface area contributed by atoms with Gasteiger partial charge in [-0.3, -0.25) is 10.1 Å². The maximum Gasteiger partial charge on any atom is 0.269 e. The van der Waals surface area contributed by atoms with E-state index in [4.69, 9.17) is 4.74 Å². The number of non-ortho nitro benzene ring substituents is 1. The number of ether oxygens (including phenoxy) is 1. The van der Waals surface area contributed by atoms with Gasteiger partial charge in [-0.15, -0.1) is 0 Å². The van der Waals surface area contributed by atoms with Crippen molar-refractivity contribution in [2.24, 2.45) is 5.41 Å². The number of nitro groups is 1. The number of nitrogens with one attached hydrogen (secondary N) is 1. The Morgan fingerprint density at radius 2 is 2.05 bits per heavy atom. The summed E-state index contributed by atoms with van der Waals surface area (Å²) in [5.74, 6) is 0. The molecular weight excluding hydrogens is 256 g/mol. The zero-order valence-electron chi connectivity index (χ0n) is 11.9. The van der Waals surface area contributed by atoms with Gasteiger partial charge in [0.1, 0.15) is 0 Å². The van der Waals surface area contributed by atoms with E-state index in [0.29, 0.717) is 5.41 Å². The zero-order valence-corrected chi connectivity index (χ0v) is 11.9. The van der Waals surface area contributed by atoms with Crippen LogP contribution in [0, 0.1) is 15.5 Å².